The average molecular weight is 431 g/mol. The molecule has 2 saturated heterocycles. The normalized spacial score (nSPS) is 19.2. The van der Waals surface area contributed by atoms with Gasteiger partial charge in [0.2, 0.25) is 0 Å². The van der Waals surface area contributed by atoms with E-state index in [0.717, 1.165) is 37.4 Å². The predicted octanol–water partition coefficient (Wildman–Crippen LogP) is 5.63. The van der Waals surface area contributed by atoms with Crippen molar-refractivity contribution in [2.24, 2.45) is 10.2 Å². The summed E-state index contributed by atoms with van der Waals surface area (Å²) in [4.78, 5) is 5.17. The maximum Gasteiger partial charge on any atom is 0.0715 e. The highest BCUT2D eigenvalue weighted by atomic mass is 15.2. The zero-order valence-electron chi connectivity index (χ0n) is 19.5. The fourth-order valence-electron chi connectivity index (χ4n) is 4.78. The van der Waals surface area contributed by atoms with Crippen LogP contribution in [0.1, 0.15) is 62.5 Å². The highest BCUT2D eigenvalue weighted by Crippen LogP contribution is 2.14. The molecule has 0 unspecified atom stereocenters. The molecular weight excluding hydrogens is 392 g/mol. The summed E-state index contributed by atoms with van der Waals surface area (Å²) in [5.74, 6) is 0. The monoisotopic (exact) mass is 430 g/mol. The van der Waals surface area contributed by atoms with Crippen LogP contribution < -0.4 is 0 Å². The molecule has 0 saturated carbocycles. The highest BCUT2D eigenvalue weighted by molar-refractivity contribution is 6.03. The van der Waals surface area contributed by atoms with Crippen molar-refractivity contribution in [2.45, 2.75) is 51.4 Å². The van der Waals surface area contributed by atoms with Crippen molar-refractivity contribution in [2.75, 3.05) is 39.3 Å². The van der Waals surface area contributed by atoms with E-state index < -0.39 is 0 Å². The first kappa shape index (κ1) is 22.9. The Kier molecular flexibility index (Phi) is 9.05. The summed E-state index contributed by atoms with van der Waals surface area (Å²) in [5.41, 5.74) is 4.58. The van der Waals surface area contributed by atoms with E-state index in [9.17, 15) is 0 Å². The zero-order valence-corrected chi connectivity index (χ0v) is 19.5. The number of rotatable bonds is 9. The lowest BCUT2D eigenvalue weighted by molar-refractivity contribution is 0.235. The van der Waals surface area contributed by atoms with E-state index in [2.05, 4.69) is 70.5 Å². The Morgan fingerprint density at radius 3 is 1.28 bits per heavy atom. The van der Waals surface area contributed by atoms with Crippen LogP contribution in [0.15, 0.2) is 70.9 Å². The molecular formula is C28H38N4. The maximum absolute atomic E-state index is 4.88. The summed E-state index contributed by atoms with van der Waals surface area (Å²) < 4.78 is 0. The summed E-state index contributed by atoms with van der Waals surface area (Å²) >= 11 is 0. The Hall–Kier alpha value is -2.30. The molecule has 2 heterocycles. The van der Waals surface area contributed by atoms with Gasteiger partial charge in [0.25, 0.3) is 0 Å². The van der Waals surface area contributed by atoms with E-state index in [1.54, 1.807) is 0 Å². The van der Waals surface area contributed by atoms with Crippen LogP contribution in [0.25, 0.3) is 0 Å². The van der Waals surface area contributed by atoms with Gasteiger partial charge in [0.15, 0.2) is 0 Å². The first-order valence-corrected chi connectivity index (χ1v) is 12.6. The number of piperidine rings is 2. The van der Waals surface area contributed by atoms with Crippen LogP contribution in [-0.4, -0.2) is 60.5 Å². The van der Waals surface area contributed by atoms with E-state index in [1.807, 2.05) is 0 Å². The lowest BCUT2D eigenvalue weighted by Gasteiger charge is -2.26. The molecule has 2 fully saturated rings. The predicted molar refractivity (Wildman–Crippen MR) is 136 cm³/mol. The molecule has 0 radical (unpaired) electrons. The summed E-state index contributed by atoms with van der Waals surface area (Å²) in [6.07, 6.45) is 9.93. The Balaban J connectivity index is 1.52. The van der Waals surface area contributed by atoms with Gasteiger partial charge in [-0.2, -0.15) is 10.2 Å². The largest absolute Gasteiger partial charge is 0.303 e. The summed E-state index contributed by atoms with van der Waals surface area (Å²) in [7, 11) is 0. The Morgan fingerprint density at radius 2 is 0.906 bits per heavy atom. The number of benzene rings is 2. The second-order valence-corrected chi connectivity index (χ2v) is 9.13. The molecule has 32 heavy (non-hydrogen) atoms. The van der Waals surface area contributed by atoms with Crippen LogP contribution in [0, 0.1) is 0 Å². The number of nitrogens with zero attached hydrogens (tertiary/aromatic N) is 4. The SMILES string of the molecule is c1ccc(/C(CCN2CCCCC2)=N/N=C(\CCN2CCCCC2)c2ccccc2)cc1. The van der Waals surface area contributed by atoms with Gasteiger partial charge in [0.05, 0.1) is 11.4 Å². The molecule has 4 rings (SSSR count). The van der Waals surface area contributed by atoms with Crippen LogP contribution in [0.2, 0.25) is 0 Å². The Morgan fingerprint density at radius 1 is 0.531 bits per heavy atom. The van der Waals surface area contributed by atoms with Crippen molar-refractivity contribution in [3.63, 3.8) is 0 Å². The van der Waals surface area contributed by atoms with Crippen LogP contribution in [0.4, 0.5) is 0 Å². The zero-order chi connectivity index (χ0) is 21.8. The van der Waals surface area contributed by atoms with Gasteiger partial charge < -0.3 is 9.80 Å². The molecule has 2 aromatic carbocycles. The Bertz CT molecular complexity index is 774. The van der Waals surface area contributed by atoms with Crippen LogP contribution >= 0.6 is 0 Å². The topological polar surface area (TPSA) is 31.2 Å². The lowest BCUT2D eigenvalue weighted by Crippen LogP contribution is -2.32. The van der Waals surface area contributed by atoms with Gasteiger partial charge >= 0.3 is 0 Å². The van der Waals surface area contributed by atoms with Gasteiger partial charge in [0.1, 0.15) is 0 Å². The van der Waals surface area contributed by atoms with Gasteiger partial charge in [-0.25, -0.2) is 0 Å². The Labute approximate surface area is 194 Å². The van der Waals surface area contributed by atoms with E-state index in [-0.39, 0.29) is 0 Å². The first-order valence-electron chi connectivity index (χ1n) is 12.6. The minimum Gasteiger partial charge on any atom is -0.303 e. The molecule has 0 aliphatic carbocycles. The average Bonchev–Trinajstić information content (AvgIpc) is 2.88. The molecule has 0 N–H and O–H groups in total. The van der Waals surface area contributed by atoms with Crippen molar-refractivity contribution < 1.29 is 0 Å². The van der Waals surface area contributed by atoms with Gasteiger partial charge in [-0.05, 0) is 63.0 Å². The molecule has 0 aromatic heterocycles. The highest BCUT2D eigenvalue weighted by Gasteiger charge is 2.14. The van der Waals surface area contributed by atoms with E-state index in [0.29, 0.717) is 0 Å². The molecule has 2 aromatic rings. The molecule has 2 aliphatic rings. The van der Waals surface area contributed by atoms with Crippen LogP contribution in [-0.2, 0) is 0 Å². The minimum atomic E-state index is 0.946. The summed E-state index contributed by atoms with van der Waals surface area (Å²) in [5, 5.41) is 9.76. The van der Waals surface area contributed by atoms with Crippen molar-refractivity contribution in [3.05, 3.63) is 71.8 Å². The minimum absolute atomic E-state index is 0.946. The maximum atomic E-state index is 4.88. The fraction of sp³-hybridized carbons (Fsp3) is 0.500. The summed E-state index contributed by atoms with van der Waals surface area (Å²) in [6, 6.07) is 21.2. The van der Waals surface area contributed by atoms with E-state index >= 15 is 0 Å². The third-order valence-electron chi connectivity index (χ3n) is 6.73. The molecule has 4 heteroatoms. The smallest absolute Gasteiger partial charge is 0.0715 e. The van der Waals surface area contributed by atoms with Gasteiger partial charge in [-0.15, -0.1) is 0 Å². The third-order valence-corrected chi connectivity index (χ3v) is 6.73. The number of hydrogen-bond donors (Lipinski definition) is 0. The molecule has 170 valence electrons. The van der Waals surface area contributed by atoms with E-state index in [1.165, 1.54) is 75.8 Å². The molecule has 0 amide bonds. The molecule has 4 nitrogen and oxygen atoms in total. The second-order valence-electron chi connectivity index (χ2n) is 9.13. The van der Waals surface area contributed by atoms with Crippen LogP contribution in [0.5, 0.6) is 0 Å². The lowest BCUT2D eigenvalue weighted by atomic mass is 10.1. The van der Waals surface area contributed by atoms with Crippen LogP contribution in [0.3, 0.4) is 0 Å². The molecule has 0 spiro atoms. The summed E-state index contributed by atoms with van der Waals surface area (Å²) in [6.45, 7) is 7.01. The van der Waals surface area contributed by atoms with Gasteiger partial charge in [0, 0.05) is 25.9 Å². The molecule has 0 atom stereocenters. The van der Waals surface area contributed by atoms with Crippen molar-refractivity contribution in [3.8, 4) is 0 Å². The first-order chi connectivity index (χ1) is 15.9. The number of likely N-dealkylation sites (tertiary alicyclic amines) is 2. The second kappa shape index (κ2) is 12.7. The van der Waals surface area contributed by atoms with Gasteiger partial charge in [-0.3, -0.25) is 0 Å². The standard InChI is InChI=1S/C28H38N4/c1-5-13-25(14-6-1)27(17-23-31-19-9-3-10-20-31)29-30-28(26-15-7-2-8-16-26)18-24-32-21-11-4-12-22-32/h1-2,5-8,13-16H,3-4,9-12,17-24H2/b29-27+,30-28+. The van der Waals surface area contributed by atoms with E-state index in [4.69, 9.17) is 10.2 Å². The van der Waals surface area contributed by atoms with Crippen molar-refractivity contribution in [1.29, 1.82) is 0 Å². The third kappa shape index (κ3) is 7.11. The van der Waals surface area contributed by atoms with Crippen molar-refractivity contribution in [1.82, 2.24) is 9.80 Å². The molecule has 0 bridgehead atoms. The van der Waals surface area contributed by atoms with Gasteiger partial charge in [-0.1, -0.05) is 73.5 Å². The quantitative estimate of drug-likeness (QED) is 0.381. The fourth-order valence-corrected chi connectivity index (χ4v) is 4.78. The number of hydrogen-bond acceptors (Lipinski definition) is 4. The molecule has 2 aliphatic heterocycles. The van der Waals surface area contributed by atoms with Crippen molar-refractivity contribution >= 4 is 11.4 Å².